The van der Waals surface area contributed by atoms with Crippen molar-refractivity contribution in [2.75, 3.05) is 19.6 Å². The molecule has 0 saturated carbocycles. The summed E-state index contributed by atoms with van der Waals surface area (Å²) < 4.78 is 0. The van der Waals surface area contributed by atoms with Crippen LogP contribution in [-0.2, 0) is 4.79 Å². The van der Waals surface area contributed by atoms with E-state index in [-0.39, 0.29) is 6.54 Å². The first-order valence-electron chi connectivity index (χ1n) is 3.66. The Labute approximate surface area is 60.6 Å². The number of carboxylic acid groups (broad SMARTS) is 1. The number of rotatable bonds is 3. The van der Waals surface area contributed by atoms with Crippen molar-refractivity contribution in [3.63, 3.8) is 0 Å². The van der Waals surface area contributed by atoms with Crippen LogP contribution in [0, 0.1) is 5.92 Å². The summed E-state index contributed by atoms with van der Waals surface area (Å²) in [5, 5.41) is 8.37. The second-order valence-electron chi connectivity index (χ2n) is 2.86. The first-order valence-corrected chi connectivity index (χ1v) is 3.66. The molecule has 0 aromatic heterocycles. The quantitative estimate of drug-likeness (QED) is 0.622. The third-order valence-electron chi connectivity index (χ3n) is 1.97. The van der Waals surface area contributed by atoms with E-state index in [1.54, 1.807) is 0 Å². The monoisotopic (exact) mass is 143 g/mol. The third-order valence-corrected chi connectivity index (χ3v) is 1.97. The average molecular weight is 143 g/mol. The van der Waals surface area contributed by atoms with Gasteiger partial charge in [-0.05, 0) is 5.92 Å². The van der Waals surface area contributed by atoms with Crippen molar-refractivity contribution in [1.82, 2.24) is 4.90 Å². The molecule has 1 aliphatic rings. The van der Waals surface area contributed by atoms with Gasteiger partial charge in [0.05, 0.1) is 6.54 Å². The number of hydrogen-bond donors (Lipinski definition) is 1. The van der Waals surface area contributed by atoms with Gasteiger partial charge in [0.15, 0.2) is 0 Å². The second kappa shape index (κ2) is 3.01. The molecule has 1 aliphatic heterocycles. The molecule has 0 atom stereocenters. The van der Waals surface area contributed by atoms with E-state index in [1.807, 2.05) is 4.90 Å². The Balaban J connectivity index is 2.08. The molecule has 1 fully saturated rings. The van der Waals surface area contributed by atoms with Crippen LogP contribution in [0.3, 0.4) is 0 Å². The lowest BCUT2D eigenvalue weighted by Crippen LogP contribution is -2.48. The molecule has 3 nitrogen and oxygen atoms in total. The van der Waals surface area contributed by atoms with E-state index in [9.17, 15) is 4.79 Å². The maximum Gasteiger partial charge on any atom is 0.317 e. The van der Waals surface area contributed by atoms with Crippen molar-refractivity contribution in [2.24, 2.45) is 5.92 Å². The van der Waals surface area contributed by atoms with E-state index in [0.717, 1.165) is 19.0 Å². The Morgan fingerprint density at radius 3 is 2.70 bits per heavy atom. The molecule has 0 radical (unpaired) electrons. The average Bonchev–Trinajstić information content (AvgIpc) is 1.76. The fraction of sp³-hybridized carbons (Fsp3) is 0.857. The van der Waals surface area contributed by atoms with Gasteiger partial charge < -0.3 is 5.11 Å². The van der Waals surface area contributed by atoms with Crippen LogP contribution in [0.2, 0.25) is 0 Å². The molecule has 1 heterocycles. The molecule has 3 heteroatoms. The third kappa shape index (κ3) is 1.70. The highest BCUT2D eigenvalue weighted by molar-refractivity contribution is 5.69. The summed E-state index contributed by atoms with van der Waals surface area (Å²) in [6.07, 6.45) is 1.18. The van der Waals surface area contributed by atoms with Gasteiger partial charge in [-0.25, -0.2) is 0 Å². The van der Waals surface area contributed by atoms with Gasteiger partial charge in [0.2, 0.25) is 0 Å². The lowest BCUT2D eigenvalue weighted by atomic mass is 9.98. The predicted molar refractivity (Wildman–Crippen MR) is 37.9 cm³/mol. The van der Waals surface area contributed by atoms with Gasteiger partial charge in [0.25, 0.3) is 0 Å². The van der Waals surface area contributed by atoms with Gasteiger partial charge in [0, 0.05) is 13.1 Å². The molecule has 0 unspecified atom stereocenters. The molecular weight excluding hydrogens is 130 g/mol. The number of carboxylic acids is 1. The van der Waals surface area contributed by atoms with Gasteiger partial charge in [-0.3, -0.25) is 9.69 Å². The van der Waals surface area contributed by atoms with Crippen LogP contribution in [0.4, 0.5) is 0 Å². The molecular formula is C7H13NO2. The van der Waals surface area contributed by atoms with Gasteiger partial charge in [-0.1, -0.05) is 13.3 Å². The molecule has 58 valence electrons. The Hall–Kier alpha value is -0.570. The van der Waals surface area contributed by atoms with E-state index < -0.39 is 5.97 Å². The summed E-state index contributed by atoms with van der Waals surface area (Å²) in [6.45, 7) is 4.31. The van der Waals surface area contributed by atoms with Gasteiger partial charge in [-0.2, -0.15) is 0 Å². The second-order valence-corrected chi connectivity index (χ2v) is 2.86. The summed E-state index contributed by atoms with van der Waals surface area (Å²) in [5.74, 6) is 0.0360. The van der Waals surface area contributed by atoms with Gasteiger partial charge in [-0.15, -0.1) is 0 Å². The fourth-order valence-electron chi connectivity index (χ4n) is 1.26. The minimum atomic E-state index is -0.713. The summed E-state index contributed by atoms with van der Waals surface area (Å²) >= 11 is 0. The van der Waals surface area contributed by atoms with E-state index >= 15 is 0 Å². The number of hydrogen-bond acceptors (Lipinski definition) is 2. The number of carbonyl (C=O) groups is 1. The minimum absolute atomic E-state index is 0.219. The van der Waals surface area contributed by atoms with E-state index in [1.165, 1.54) is 6.42 Å². The van der Waals surface area contributed by atoms with Crippen molar-refractivity contribution >= 4 is 5.97 Å². The Morgan fingerprint density at radius 1 is 1.70 bits per heavy atom. The molecule has 0 aromatic carbocycles. The molecule has 0 bridgehead atoms. The van der Waals surface area contributed by atoms with Crippen LogP contribution in [0.5, 0.6) is 0 Å². The lowest BCUT2D eigenvalue weighted by Gasteiger charge is -2.37. The van der Waals surface area contributed by atoms with Crippen LogP contribution in [0.25, 0.3) is 0 Å². The summed E-state index contributed by atoms with van der Waals surface area (Å²) in [6, 6.07) is 0. The normalized spacial score (nSPS) is 20.5. The van der Waals surface area contributed by atoms with Crippen LogP contribution in [0.15, 0.2) is 0 Å². The molecule has 1 rings (SSSR count). The first kappa shape index (κ1) is 7.54. The van der Waals surface area contributed by atoms with Crippen molar-refractivity contribution in [3.8, 4) is 0 Å². The van der Waals surface area contributed by atoms with Crippen molar-refractivity contribution in [2.45, 2.75) is 13.3 Å². The first-order chi connectivity index (χ1) is 4.72. The van der Waals surface area contributed by atoms with Crippen LogP contribution in [-0.4, -0.2) is 35.6 Å². The van der Waals surface area contributed by atoms with Crippen molar-refractivity contribution in [1.29, 1.82) is 0 Å². The van der Waals surface area contributed by atoms with Gasteiger partial charge in [0.1, 0.15) is 0 Å². The fourth-order valence-corrected chi connectivity index (χ4v) is 1.26. The number of likely N-dealkylation sites (tertiary alicyclic amines) is 1. The highest BCUT2D eigenvalue weighted by atomic mass is 16.4. The number of aliphatic carboxylic acids is 1. The summed E-state index contributed by atoms with van der Waals surface area (Å²) in [7, 11) is 0. The van der Waals surface area contributed by atoms with E-state index in [2.05, 4.69) is 6.92 Å². The molecule has 0 aliphatic carbocycles. The minimum Gasteiger partial charge on any atom is -0.480 e. The smallest absolute Gasteiger partial charge is 0.317 e. The molecule has 1 saturated heterocycles. The molecule has 1 N–H and O–H groups in total. The zero-order valence-corrected chi connectivity index (χ0v) is 6.21. The topological polar surface area (TPSA) is 40.5 Å². The Bertz CT molecular complexity index is 130. The maximum atomic E-state index is 10.2. The summed E-state index contributed by atoms with van der Waals surface area (Å²) in [4.78, 5) is 12.1. The highest BCUT2D eigenvalue weighted by Gasteiger charge is 2.25. The molecule has 0 spiro atoms. The molecule has 0 amide bonds. The highest BCUT2D eigenvalue weighted by Crippen LogP contribution is 2.17. The zero-order valence-electron chi connectivity index (χ0n) is 6.21. The van der Waals surface area contributed by atoms with E-state index in [0.29, 0.717) is 0 Å². The lowest BCUT2D eigenvalue weighted by molar-refractivity contribution is -0.140. The van der Waals surface area contributed by atoms with Crippen molar-refractivity contribution < 1.29 is 9.90 Å². The molecule has 0 aromatic rings. The Kier molecular flexibility index (Phi) is 2.27. The maximum absolute atomic E-state index is 10.2. The Morgan fingerprint density at radius 2 is 2.30 bits per heavy atom. The van der Waals surface area contributed by atoms with Crippen molar-refractivity contribution in [3.05, 3.63) is 0 Å². The van der Waals surface area contributed by atoms with Crippen LogP contribution < -0.4 is 0 Å². The largest absolute Gasteiger partial charge is 0.480 e. The van der Waals surface area contributed by atoms with E-state index in [4.69, 9.17) is 5.11 Å². The van der Waals surface area contributed by atoms with Crippen LogP contribution in [0.1, 0.15) is 13.3 Å². The zero-order chi connectivity index (χ0) is 7.56. The standard InChI is InChI=1S/C7H13NO2/c1-2-6-3-8(4-6)5-7(9)10/h6H,2-5H2,1H3,(H,9,10). The van der Waals surface area contributed by atoms with Gasteiger partial charge >= 0.3 is 5.97 Å². The SMILES string of the molecule is CCC1CN(CC(=O)O)C1. The van der Waals surface area contributed by atoms with Crippen LogP contribution >= 0.6 is 0 Å². The number of nitrogens with zero attached hydrogens (tertiary/aromatic N) is 1. The predicted octanol–water partition coefficient (Wildman–Crippen LogP) is 0.413. The summed E-state index contributed by atoms with van der Waals surface area (Å²) in [5.41, 5.74) is 0. The molecule has 10 heavy (non-hydrogen) atoms.